The summed E-state index contributed by atoms with van der Waals surface area (Å²) >= 11 is 0. The highest BCUT2D eigenvalue weighted by Gasteiger charge is 2.46. The van der Waals surface area contributed by atoms with E-state index in [1.165, 1.54) is 12.0 Å². The van der Waals surface area contributed by atoms with Gasteiger partial charge >= 0.3 is 0 Å². The Labute approximate surface area is 197 Å². The molecule has 3 aliphatic rings. The number of aliphatic hydroxyl groups excluding tert-OH is 1. The van der Waals surface area contributed by atoms with Gasteiger partial charge in [0.25, 0.3) is 11.7 Å². The fourth-order valence-corrected chi connectivity index (χ4v) is 4.54. The van der Waals surface area contributed by atoms with Gasteiger partial charge in [0.15, 0.2) is 11.5 Å². The molecule has 0 radical (unpaired) electrons. The molecule has 9 heteroatoms. The average molecular weight is 466 g/mol. The van der Waals surface area contributed by atoms with Crippen molar-refractivity contribution in [2.75, 3.05) is 53.3 Å². The predicted octanol–water partition coefficient (Wildman–Crippen LogP) is 2.18. The molecule has 0 bridgehead atoms. The van der Waals surface area contributed by atoms with E-state index in [2.05, 4.69) is 4.90 Å². The highest BCUT2D eigenvalue weighted by atomic mass is 16.7. The van der Waals surface area contributed by atoms with Gasteiger partial charge in [-0.25, -0.2) is 0 Å². The van der Waals surface area contributed by atoms with Gasteiger partial charge in [-0.05, 0) is 29.8 Å². The number of carbonyl (C=O) groups is 2. The first kappa shape index (κ1) is 22.2. The lowest BCUT2D eigenvalue weighted by molar-refractivity contribution is -0.140. The lowest BCUT2D eigenvalue weighted by Gasteiger charge is -2.31. The summed E-state index contributed by atoms with van der Waals surface area (Å²) in [5.41, 5.74) is 1.10. The highest BCUT2D eigenvalue weighted by molar-refractivity contribution is 6.46. The molecule has 0 saturated carbocycles. The van der Waals surface area contributed by atoms with Crippen molar-refractivity contribution in [3.05, 3.63) is 59.2 Å². The number of hydrogen-bond acceptors (Lipinski definition) is 8. The van der Waals surface area contributed by atoms with Crippen LogP contribution in [-0.2, 0) is 14.3 Å². The smallest absolute Gasteiger partial charge is 0.295 e. The minimum Gasteiger partial charge on any atom is -0.507 e. The number of morpholine rings is 1. The maximum absolute atomic E-state index is 13.2. The van der Waals surface area contributed by atoms with E-state index in [-0.39, 0.29) is 18.1 Å². The third-order valence-corrected chi connectivity index (χ3v) is 6.36. The molecule has 2 aromatic rings. The number of fused-ring (bicyclic) bond motifs is 1. The Kier molecular flexibility index (Phi) is 6.12. The summed E-state index contributed by atoms with van der Waals surface area (Å²) in [4.78, 5) is 30.1. The normalized spacial score (nSPS) is 21.8. The van der Waals surface area contributed by atoms with E-state index in [0.29, 0.717) is 54.7 Å². The van der Waals surface area contributed by atoms with Gasteiger partial charge in [0, 0.05) is 31.7 Å². The van der Waals surface area contributed by atoms with E-state index in [0.717, 1.165) is 13.1 Å². The molecule has 2 saturated heterocycles. The number of benzene rings is 2. The van der Waals surface area contributed by atoms with Crippen LogP contribution in [-0.4, -0.2) is 79.9 Å². The van der Waals surface area contributed by atoms with Crippen LogP contribution >= 0.6 is 0 Å². The number of nitrogens with zero attached hydrogens (tertiary/aromatic N) is 2. The second-order valence-corrected chi connectivity index (χ2v) is 8.29. The minimum atomic E-state index is -0.762. The molecule has 1 unspecified atom stereocenters. The van der Waals surface area contributed by atoms with Gasteiger partial charge in [-0.3, -0.25) is 14.5 Å². The largest absolute Gasteiger partial charge is 0.507 e. The fourth-order valence-electron chi connectivity index (χ4n) is 4.54. The van der Waals surface area contributed by atoms with Gasteiger partial charge in [-0.15, -0.1) is 0 Å². The van der Waals surface area contributed by atoms with E-state index in [4.69, 9.17) is 18.9 Å². The lowest BCUT2D eigenvalue weighted by Crippen LogP contribution is -2.42. The highest BCUT2D eigenvalue weighted by Crippen LogP contribution is 2.43. The van der Waals surface area contributed by atoms with Gasteiger partial charge in [0.2, 0.25) is 6.79 Å². The number of likely N-dealkylation sites (tertiary alicyclic amines) is 1. The topological polar surface area (TPSA) is 97.8 Å². The van der Waals surface area contributed by atoms with Crippen molar-refractivity contribution in [1.29, 1.82) is 0 Å². The predicted molar refractivity (Wildman–Crippen MR) is 122 cm³/mol. The molecule has 34 heavy (non-hydrogen) atoms. The molecule has 1 amide bonds. The summed E-state index contributed by atoms with van der Waals surface area (Å²) < 4.78 is 21.6. The Morgan fingerprint density at radius 1 is 1.06 bits per heavy atom. The standard InChI is InChI=1S/C25H26N2O7/c1-31-18-4-2-3-17(13-18)23(28)21-22(16-5-6-19-20(14-16)34-15-33-19)27(25(30)24(21)29)8-7-26-9-11-32-12-10-26/h2-6,13-14,22,28H,7-12,15H2,1H3. The summed E-state index contributed by atoms with van der Waals surface area (Å²) in [6, 6.07) is 11.3. The number of carbonyl (C=O) groups excluding carboxylic acids is 2. The molecule has 1 atom stereocenters. The van der Waals surface area contributed by atoms with Crippen molar-refractivity contribution >= 4 is 17.4 Å². The molecule has 3 aliphatic heterocycles. The Morgan fingerprint density at radius 2 is 1.85 bits per heavy atom. The van der Waals surface area contributed by atoms with Crippen molar-refractivity contribution < 1.29 is 33.6 Å². The van der Waals surface area contributed by atoms with Crippen LogP contribution in [0.5, 0.6) is 17.2 Å². The van der Waals surface area contributed by atoms with Gasteiger partial charge < -0.3 is 29.0 Å². The summed E-state index contributed by atoms with van der Waals surface area (Å²) in [6.07, 6.45) is 0. The number of methoxy groups -OCH3 is 1. The van der Waals surface area contributed by atoms with E-state index in [9.17, 15) is 14.7 Å². The molecule has 5 rings (SSSR count). The third kappa shape index (κ3) is 4.08. The monoisotopic (exact) mass is 466 g/mol. The van der Waals surface area contributed by atoms with E-state index in [1.807, 2.05) is 0 Å². The Balaban J connectivity index is 1.55. The zero-order chi connectivity index (χ0) is 23.7. The second-order valence-electron chi connectivity index (χ2n) is 8.29. The molecule has 9 nitrogen and oxygen atoms in total. The SMILES string of the molecule is COc1cccc(C(O)=C2C(=O)C(=O)N(CCN3CCOCC3)C2c2ccc3c(c2)OCO3)c1. The van der Waals surface area contributed by atoms with E-state index >= 15 is 0 Å². The molecule has 178 valence electrons. The summed E-state index contributed by atoms with van der Waals surface area (Å²) in [7, 11) is 1.52. The summed E-state index contributed by atoms with van der Waals surface area (Å²) in [5, 5.41) is 11.2. The molecule has 3 heterocycles. The summed E-state index contributed by atoms with van der Waals surface area (Å²) in [6.45, 7) is 3.85. The first-order valence-electron chi connectivity index (χ1n) is 11.2. The van der Waals surface area contributed by atoms with Crippen molar-refractivity contribution in [3.8, 4) is 17.2 Å². The molecule has 1 N–H and O–H groups in total. The number of ether oxygens (including phenoxy) is 4. The van der Waals surface area contributed by atoms with Gasteiger partial charge in [0.05, 0.1) is 31.9 Å². The van der Waals surface area contributed by atoms with Crippen LogP contribution < -0.4 is 14.2 Å². The maximum atomic E-state index is 13.2. The van der Waals surface area contributed by atoms with Gasteiger partial charge in [-0.2, -0.15) is 0 Å². The van der Waals surface area contributed by atoms with Crippen LogP contribution in [0.1, 0.15) is 17.2 Å². The van der Waals surface area contributed by atoms with Crippen molar-refractivity contribution in [2.45, 2.75) is 6.04 Å². The van der Waals surface area contributed by atoms with Crippen LogP contribution in [0.15, 0.2) is 48.0 Å². The van der Waals surface area contributed by atoms with Crippen molar-refractivity contribution in [3.63, 3.8) is 0 Å². The van der Waals surface area contributed by atoms with Crippen LogP contribution in [0.2, 0.25) is 0 Å². The molecular formula is C25H26N2O7. The van der Waals surface area contributed by atoms with E-state index in [1.54, 1.807) is 42.5 Å². The van der Waals surface area contributed by atoms with Crippen molar-refractivity contribution in [1.82, 2.24) is 9.80 Å². The minimum absolute atomic E-state index is 0.0408. The summed E-state index contributed by atoms with van der Waals surface area (Å²) in [5.74, 6) is 0.0730. The Hall–Kier alpha value is -3.56. The molecule has 0 aliphatic carbocycles. The Bertz CT molecular complexity index is 1140. The number of rotatable bonds is 6. The van der Waals surface area contributed by atoms with Crippen LogP contribution in [0.3, 0.4) is 0 Å². The first-order valence-corrected chi connectivity index (χ1v) is 11.2. The Morgan fingerprint density at radius 3 is 2.65 bits per heavy atom. The van der Waals surface area contributed by atoms with Gasteiger partial charge in [-0.1, -0.05) is 18.2 Å². The van der Waals surface area contributed by atoms with Crippen LogP contribution in [0.4, 0.5) is 0 Å². The van der Waals surface area contributed by atoms with Gasteiger partial charge in [0.1, 0.15) is 11.5 Å². The number of ketones is 1. The van der Waals surface area contributed by atoms with E-state index < -0.39 is 17.7 Å². The maximum Gasteiger partial charge on any atom is 0.295 e. The molecule has 0 aromatic heterocycles. The third-order valence-electron chi connectivity index (χ3n) is 6.36. The molecular weight excluding hydrogens is 440 g/mol. The number of hydrogen-bond donors (Lipinski definition) is 1. The lowest BCUT2D eigenvalue weighted by atomic mass is 9.95. The number of Topliss-reactive ketones (excluding diaryl/α,β-unsaturated/α-hetero) is 1. The van der Waals surface area contributed by atoms with Crippen molar-refractivity contribution in [2.24, 2.45) is 0 Å². The fraction of sp³-hybridized carbons (Fsp3) is 0.360. The molecule has 2 fully saturated rings. The quantitative estimate of drug-likeness (QED) is 0.393. The second kappa shape index (κ2) is 9.36. The number of aliphatic hydroxyl groups is 1. The number of amides is 1. The molecule has 0 spiro atoms. The zero-order valence-electron chi connectivity index (χ0n) is 18.9. The van der Waals surface area contributed by atoms with Crippen LogP contribution in [0, 0.1) is 0 Å². The zero-order valence-corrected chi connectivity index (χ0v) is 18.9. The average Bonchev–Trinajstić information content (AvgIpc) is 3.45. The molecule has 2 aromatic carbocycles. The first-order chi connectivity index (χ1) is 16.6. The van der Waals surface area contributed by atoms with Crippen LogP contribution in [0.25, 0.3) is 5.76 Å².